The highest BCUT2D eigenvalue weighted by atomic mass is 16.7. The van der Waals surface area contributed by atoms with Gasteiger partial charge in [-0.1, -0.05) is 0 Å². The molecule has 2 aromatic rings. The number of methoxy groups -OCH3 is 1. The van der Waals surface area contributed by atoms with Gasteiger partial charge < -0.3 is 24.4 Å². The summed E-state index contributed by atoms with van der Waals surface area (Å²) in [5.74, 6) is 0.940. The Labute approximate surface area is 181 Å². The van der Waals surface area contributed by atoms with Crippen molar-refractivity contribution < 1.29 is 23.8 Å². The number of hydrogen-bond acceptors (Lipinski definition) is 7. The number of fused-ring (bicyclic) bond motifs is 1. The number of hydrogen-bond donors (Lipinski definition) is 1. The molecule has 8 heteroatoms. The number of amides is 1. The predicted octanol–water partition coefficient (Wildman–Crippen LogP) is 2.74. The van der Waals surface area contributed by atoms with Crippen LogP contribution >= 0.6 is 0 Å². The first-order chi connectivity index (χ1) is 15.0. The van der Waals surface area contributed by atoms with Gasteiger partial charge in [-0.2, -0.15) is 0 Å². The van der Waals surface area contributed by atoms with E-state index in [0.717, 1.165) is 25.3 Å². The monoisotopic (exact) mass is 425 g/mol. The quantitative estimate of drug-likeness (QED) is 0.738. The van der Waals surface area contributed by atoms with E-state index >= 15 is 0 Å². The first-order valence-electron chi connectivity index (χ1n) is 10.4. The number of rotatable bonds is 5. The van der Waals surface area contributed by atoms with E-state index in [9.17, 15) is 9.59 Å². The third-order valence-electron chi connectivity index (χ3n) is 5.85. The van der Waals surface area contributed by atoms with Gasteiger partial charge in [0.1, 0.15) is 0 Å². The largest absolute Gasteiger partial charge is 0.465 e. The minimum absolute atomic E-state index is 0.0541. The first-order valence-corrected chi connectivity index (χ1v) is 10.4. The molecule has 2 aromatic carbocycles. The van der Waals surface area contributed by atoms with Gasteiger partial charge >= 0.3 is 5.97 Å². The molecule has 31 heavy (non-hydrogen) atoms. The zero-order valence-electron chi connectivity index (χ0n) is 18.0. The Morgan fingerprint density at radius 1 is 1.10 bits per heavy atom. The van der Waals surface area contributed by atoms with Gasteiger partial charge in [-0.05, 0) is 50.2 Å². The highest BCUT2D eigenvalue weighted by Crippen LogP contribution is 2.34. The van der Waals surface area contributed by atoms with Crippen LogP contribution in [0.4, 0.5) is 11.4 Å². The number of carbonyl (C=O) groups excluding carboxylic acids is 2. The normalized spacial score (nSPS) is 19.1. The fourth-order valence-corrected chi connectivity index (χ4v) is 4.08. The van der Waals surface area contributed by atoms with Crippen molar-refractivity contribution in [1.29, 1.82) is 0 Å². The van der Waals surface area contributed by atoms with Gasteiger partial charge in [-0.25, -0.2) is 4.79 Å². The summed E-state index contributed by atoms with van der Waals surface area (Å²) in [6, 6.07) is 12.7. The van der Waals surface area contributed by atoms with E-state index in [-0.39, 0.29) is 30.8 Å². The Morgan fingerprint density at radius 2 is 1.84 bits per heavy atom. The van der Waals surface area contributed by atoms with Crippen molar-refractivity contribution in [3.63, 3.8) is 0 Å². The molecule has 4 rings (SSSR count). The van der Waals surface area contributed by atoms with E-state index in [1.54, 1.807) is 24.3 Å². The van der Waals surface area contributed by atoms with Crippen molar-refractivity contribution in [2.24, 2.45) is 0 Å². The van der Waals surface area contributed by atoms with Crippen LogP contribution in [-0.4, -0.2) is 62.4 Å². The van der Waals surface area contributed by atoms with Gasteiger partial charge in [-0.3, -0.25) is 9.69 Å². The summed E-state index contributed by atoms with van der Waals surface area (Å²) in [5.41, 5.74) is 2.28. The number of carbonyl (C=O) groups is 2. The predicted molar refractivity (Wildman–Crippen MR) is 117 cm³/mol. The van der Waals surface area contributed by atoms with Gasteiger partial charge in [0.25, 0.3) is 0 Å². The molecule has 0 aliphatic carbocycles. The minimum atomic E-state index is -0.341. The van der Waals surface area contributed by atoms with Crippen LogP contribution in [0.15, 0.2) is 42.5 Å². The Kier molecular flexibility index (Phi) is 5.99. The zero-order chi connectivity index (χ0) is 22.0. The lowest BCUT2D eigenvalue weighted by Gasteiger charge is -2.43. The highest BCUT2D eigenvalue weighted by molar-refractivity contribution is 5.95. The van der Waals surface area contributed by atoms with Crippen molar-refractivity contribution >= 4 is 23.3 Å². The van der Waals surface area contributed by atoms with Crippen LogP contribution in [-0.2, 0) is 9.53 Å². The Morgan fingerprint density at radius 3 is 2.55 bits per heavy atom. The van der Waals surface area contributed by atoms with E-state index < -0.39 is 0 Å². The summed E-state index contributed by atoms with van der Waals surface area (Å²) < 4.78 is 15.5. The van der Waals surface area contributed by atoms with Gasteiger partial charge in [0.15, 0.2) is 11.5 Å². The molecular formula is C23H27N3O5. The van der Waals surface area contributed by atoms with Crippen LogP contribution in [0.3, 0.4) is 0 Å². The average Bonchev–Trinajstić information content (AvgIpc) is 3.26. The molecule has 2 aliphatic rings. The number of nitrogens with zero attached hydrogens (tertiary/aromatic N) is 2. The standard InChI is InChI=1S/C23H27N3O5/c1-15-13-25(19-7-4-17(5-8-19)23(28)29-3)10-11-26(15)16(2)22(27)24-18-6-9-20-21(12-18)31-14-30-20/h4-9,12,15-16H,10-11,13-14H2,1-3H3,(H,24,27). The van der Waals surface area contributed by atoms with Crippen LogP contribution in [0.25, 0.3) is 0 Å². The molecule has 0 aromatic heterocycles. The van der Waals surface area contributed by atoms with Gasteiger partial charge in [-0.15, -0.1) is 0 Å². The number of nitrogens with one attached hydrogen (secondary N) is 1. The maximum absolute atomic E-state index is 12.9. The molecule has 164 valence electrons. The van der Waals surface area contributed by atoms with Crippen LogP contribution < -0.4 is 19.7 Å². The molecule has 0 radical (unpaired) electrons. The number of benzene rings is 2. The molecule has 0 bridgehead atoms. The first kappa shape index (κ1) is 21.0. The Balaban J connectivity index is 1.35. The van der Waals surface area contributed by atoms with E-state index in [2.05, 4.69) is 22.0 Å². The van der Waals surface area contributed by atoms with Gasteiger partial charge in [0.2, 0.25) is 12.7 Å². The van der Waals surface area contributed by atoms with Crippen molar-refractivity contribution in [2.75, 3.05) is 43.8 Å². The van der Waals surface area contributed by atoms with Crippen molar-refractivity contribution in [3.05, 3.63) is 48.0 Å². The topological polar surface area (TPSA) is 80.3 Å². The molecule has 0 saturated carbocycles. The molecule has 1 amide bonds. The second-order valence-electron chi connectivity index (χ2n) is 7.80. The van der Waals surface area contributed by atoms with Gasteiger partial charge in [0, 0.05) is 43.1 Å². The smallest absolute Gasteiger partial charge is 0.337 e. The summed E-state index contributed by atoms with van der Waals surface area (Å²) in [4.78, 5) is 29.0. The van der Waals surface area contributed by atoms with Crippen LogP contribution in [0.5, 0.6) is 11.5 Å². The minimum Gasteiger partial charge on any atom is -0.465 e. The van der Waals surface area contributed by atoms with Crippen molar-refractivity contribution in [1.82, 2.24) is 4.90 Å². The lowest BCUT2D eigenvalue weighted by atomic mass is 10.1. The fourth-order valence-electron chi connectivity index (χ4n) is 4.08. The SMILES string of the molecule is COC(=O)c1ccc(N2CCN(C(C)C(=O)Nc3ccc4c(c3)OCO4)C(C)C2)cc1. The van der Waals surface area contributed by atoms with Crippen molar-refractivity contribution in [3.8, 4) is 11.5 Å². The molecule has 2 aliphatic heterocycles. The van der Waals surface area contributed by atoms with E-state index in [1.165, 1.54) is 7.11 Å². The summed E-state index contributed by atoms with van der Waals surface area (Å²) in [6.07, 6.45) is 0. The molecule has 1 fully saturated rings. The molecule has 8 nitrogen and oxygen atoms in total. The summed E-state index contributed by atoms with van der Waals surface area (Å²) in [6.45, 7) is 6.60. The van der Waals surface area contributed by atoms with E-state index in [4.69, 9.17) is 14.2 Å². The van der Waals surface area contributed by atoms with Gasteiger partial charge in [0.05, 0.1) is 18.7 Å². The van der Waals surface area contributed by atoms with Crippen LogP contribution in [0.2, 0.25) is 0 Å². The molecule has 2 heterocycles. The second kappa shape index (κ2) is 8.85. The van der Waals surface area contributed by atoms with Crippen LogP contribution in [0, 0.1) is 0 Å². The Hall–Kier alpha value is -3.26. The fraction of sp³-hybridized carbons (Fsp3) is 0.391. The molecular weight excluding hydrogens is 398 g/mol. The third kappa shape index (κ3) is 4.44. The molecule has 0 spiro atoms. The number of ether oxygens (including phenoxy) is 3. The average molecular weight is 425 g/mol. The van der Waals surface area contributed by atoms with E-state index in [0.29, 0.717) is 22.7 Å². The third-order valence-corrected chi connectivity index (χ3v) is 5.85. The summed E-state index contributed by atoms with van der Waals surface area (Å²) >= 11 is 0. The second-order valence-corrected chi connectivity index (χ2v) is 7.80. The molecule has 1 saturated heterocycles. The summed E-state index contributed by atoms with van der Waals surface area (Å²) in [5, 5.41) is 2.98. The Bertz CT molecular complexity index is 962. The lowest BCUT2D eigenvalue weighted by molar-refractivity contribution is -0.121. The van der Waals surface area contributed by atoms with E-state index in [1.807, 2.05) is 25.1 Å². The maximum atomic E-state index is 12.9. The molecule has 1 N–H and O–H groups in total. The summed E-state index contributed by atoms with van der Waals surface area (Å²) in [7, 11) is 1.38. The van der Waals surface area contributed by atoms with Crippen molar-refractivity contribution in [2.45, 2.75) is 25.9 Å². The number of piperazine rings is 1. The highest BCUT2D eigenvalue weighted by Gasteiger charge is 2.31. The number of anilines is 2. The zero-order valence-corrected chi connectivity index (χ0v) is 18.0. The molecule has 2 unspecified atom stereocenters. The molecule has 2 atom stereocenters. The number of esters is 1. The lowest BCUT2D eigenvalue weighted by Crippen LogP contribution is -2.57. The van der Waals surface area contributed by atoms with Crippen LogP contribution in [0.1, 0.15) is 24.2 Å². The maximum Gasteiger partial charge on any atom is 0.337 e.